The Kier molecular flexibility index (Phi) is 8.41. The van der Waals surface area contributed by atoms with Gasteiger partial charge < -0.3 is 14.2 Å². The molecule has 2 heterocycles. The minimum atomic E-state index is -0.344. The molecule has 0 bridgehead atoms. The summed E-state index contributed by atoms with van der Waals surface area (Å²) < 4.78 is 17.7. The summed E-state index contributed by atoms with van der Waals surface area (Å²) in [5, 5.41) is 5.28. The van der Waals surface area contributed by atoms with Crippen LogP contribution in [0.2, 0.25) is 0 Å². The molecule has 4 aromatic rings. The fourth-order valence-electron chi connectivity index (χ4n) is 4.70. The lowest BCUT2D eigenvalue weighted by atomic mass is 9.97. The number of hydrogen-bond acceptors (Lipinski definition) is 9. The Morgan fingerprint density at radius 3 is 2.48 bits per heavy atom. The second-order valence-electron chi connectivity index (χ2n) is 9.29. The third kappa shape index (κ3) is 5.57. The lowest BCUT2D eigenvalue weighted by Gasteiger charge is -2.14. The molecule has 0 saturated carbocycles. The van der Waals surface area contributed by atoms with E-state index in [9.17, 15) is 9.59 Å². The number of nitrogens with one attached hydrogen (secondary N) is 1. The van der Waals surface area contributed by atoms with Crippen molar-refractivity contribution in [3.63, 3.8) is 0 Å². The number of nitrogens with zero attached hydrogens (tertiary/aromatic N) is 3. The number of carbonyl (C=O) groups is 1. The minimum Gasteiger partial charge on any atom is -0.496 e. The molecule has 5 rings (SSSR count). The van der Waals surface area contributed by atoms with Crippen LogP contribution < -0.4 is 25.2 Å². The zero-order chi connectivity index (χ0) is 28.2. The number of rotatable bonds is 9. The van der Waals surface area contributed by atoms with Crippen molar-refractivity contribution in [2.45, 2.75) is 37.8 Å². The van der Waals surface area contributed by atoms with Crippen LogP contribution in [0, 0.1) is 6.92 Å². The van der Waals surface area contributed by atoms with Gasteiger partial charge in [0.2, 0.25) is 0 Å². The molecule has 0 saturated heterocycles. The van der Waals surface area contributed by atoms with Crippen LogP contribution in [-0.2, 0) is 17.6 Å². The number of carbonyl (C=O) groups excluding carboxylic acids is 1. The molecule has 1 aliphatic carbocycles. The third-order valence-corrected chi connectivity index (χ3v) is 8.84. The number of ether oxygens (including phenoxy) is 3. The van der Waals surface area contributed by atoms with Crippen LogP contribution in [0.4, 0.5) is 0 Å². The van der Waals surface area contributed by atoms with E-state index < -0.39 is 0 Å². The Balaban J connectivity index is 1.40. The smallest absolute Gasteiger partial charge is 0.267 e. The van der Waals surface area contributed by atoms with E-state index in [1.54, 1.807) is 35.1 Å². The summed E-state index contributed by atoms with van der Waals surface area (Å²) in [5.74, 6) is 1.22. The van der Waals surface area contributed by atoms with Crippen LogP contribution in [0.3, 0.4) is 0 Å². The molecule has 0 unspecified atom stereocenters. The molecule has 0 fully saturated rings. The van der Waals surface area contributed by atoms with Gasteiger partial charge in [-0.1, -0.05) is 29.5 Å². The summed E-state index contributed by atoms with van der Waals surface area (Å²) in [6.45, 7) is 2.00. The fraction of sp³-hybridized carbons (Fsp3) is 0.310. The highest BCUT2D eigenvalue weighted by Gasteiger charge is 2.23. The SMILES string of the molecule is COc1cc(OC)c(/C=N/NC(=O)CSc2nc3sc4c(c3c(=O)n2-c2ccc(C)cc2)CCCC4)c(OC)c1. The van der Waals surface area contributed by atoms with Gasteiger partial charge in [0.15, 0.2) is 5.16 Å². The number of amides is 1. The van der Waals surface area contributed by atoms with Crippen molar-refractivity contribution >= 4 is 45.4 Å². The van der Waals surface area contributed by atoms with Crippen molar-refractivity contribution in [3.8, 4) is 22.9 Å². The number of hydrogen-bond donors (Lipinski definition) is 1. The van der Waals surface area contributed by atoms with Crippen molar-refractivity contribution in [2.75, 3.05) is 27.1 Å². The largest absolute Gasteiger partial charge is 0.496 e. The van der Waals surface area contributed by atoms with E-state index in [2.05, 4.69) is 10.5 Å². The topological polar surface area (TPSA) is 104 Å². The molecule has 1 N–H and O–H groups in total. The Hall–Kier alpha value is -3.83. The Morgan fingerprint density at radius 1 is 1.10 bits per heavy atom. The molecule has 208 valence electrons. The van der Waals surface area contributed by atoms with Gasteiger partial charge in [-0.15, -0.1) is 11.3 Å². The number of fused-ring (bicyclic) bond motifs is 3. The molecule has 0 radical (unpaired) electrons. The maximum atomic E-state index is 13.9. The van der Waals surface area contributed by atoms with Crippen LogP contribution in [0.1, 0.15) is 34.4 Å². The summed E-state index contributed by atoms with van der Waals surface area (Å²) in [6.07, 6.45) is 5.54. The Morgan fingerprint density at radius 2 is 1.80 bits per heavy atom. The number of aryl methyl sites for hydroxylation is 3. The summed E-state index contributed by atoms with van der Waals surface area (Å²) >= 11 is 2.80. The maximum absolute atomic E-state index is 13.9. The first-order chi connectivity index (χ1) is 19.4. The van der Waals surface area contributed by atoms with Crippen molar-refractivity contribution in [1.82, 2.24) is 15.0 Å². The normalized spacial score (nSPS) is 12.9. The maximum Gasteiger partial charge on any atom is 0.267 e. The van der Waals surface area contributed by atoms with E-state index >= 15 is 0 Å². The van der Waals surface area contributed by atoms with E-state index in [1.165, 1.54) is 37.1 Å². The second kappa shape index (κ2) is 12.1. The quantitative estimate of drug-likeness (QED) is 0.130. The number of thioether (sulfide) groups is 1. The number of benzene rings is 2. The molecule has 1 amide bonds. The van der Waals surface area contributed by atoms with Crippen molar-refractivity contribution in [1.29, 1.82) is 0 Å². The molecule has 1 aliphatic rings. The molecule has 11 heteroatoms. The molecule has 0 atom stereocenters. The first-order valence-corrected chi connectivity index (χ1v) is 14.6. The van der Waals surface area contributed by atoms with E-state index in [0.717, 1.165) is 47.3 Å². The van der Waals surface area contributed by atoms with Crippen LogP contribution >= 0.6 is 23.1 Å². The Labute approximate surface area is 240 Å². The van der Waals surface area contributed by atoms with E-state index in [-0.39, 0.29) is 17.2 Å². The first-order valence-electron chi connectivity index (χ1n) is 12.8. The molecular formula is C29H30N4O5S2. The summed E-state index contributed by atoms with van der Waals surface area (Å²) in [4.78, 5) is 33.5. The molecular weight excluding hydrogens is 548 g/mol. The van der Waals surface area contributed by atoms with Gasteiger partial charge in [-0.3, -0.25) is 14.2 Å². The molecule has 0 aliphatic heterocycles. The predicted molar refractivity (Wildman–Crippen MR) is 159 cm³/mol. The van der Waals surface area contributed by atoms with E-state index in [4.69, 9.17) is 19.2 Å². The van der Waals surface area contributed by atoms with Crippen LogP contribution in [-0.4, -0.2) is 48.8 Å². The predicted octanol–water partition coefficient (Wildman–Crippen LogP) is 4.90. The average Bonchev–Trinajstić information content (AvgIpc) is 3.35. The average molecular weight is 579 g/mol. The van der Waals surface area contributed by atoms with E-state index in [1.807, 2.05) is 31.2 Å². The Bertz CT molecular complexity index is 1620. The van der Waals surface area contributed by atoms with Crippen molar-refractivity contribution in [2.24, 2.45) is 5.10 Å². The monoisotopic (exact) mass is 578 g/mol. The third-order valence-electron chi connectivity index (χ3n) is 6.72. The van der Waals surface area contributed by atoms with Gasteiger partial charge in [0.05, 0.1) is 49.9 Å². The number of aromatic nitrogens is 2. The second-order valence-corrected chi connectivity index (χ2v) is 11.3. The lowest BCUT2D eigenvalue weighted by Crippen LogP contribution is -2.24. The van der Waals surface area contributed by atoms with Crippen molar-refractivity contribution < 1.29 is 19.0 Å². The van der Waals surface area contributed by atoms with Gasteiger partial charge in [-0.05, 0) is 50.3 Å². The highest BCUT2D eigenvalue weighted by atomic mass is 32.2. The molecule has 40 heavy (non-hydrogen) atoms. The minimum absolute atomic E-state index is 0.0170. The first kappa shape index (κ1) is 27.7. The molecule has 2 aromatic carbocycles. The number of hydrazone groups is 1. The zero-order valence-electron chi connectivity index (χ0n) is 22.8. The fourth-order valence-corrected chi connectivity index (χ4v) is 6.80. The van der Waals surface area contributed by atoms with Crippen LogP contribution in [0.25, 0.3) is 15.9 Å². The highest BCUT2D eigenvalue weighted by Crippen LogP contribution is 2.35. The lowest BCUT2D eigenvalue weighted by molar-refractivity contribution is -0.118. The van der Waals surface area contributed by atoms with Crippen LogP contribution in [0.15, 0.2) is 51.5 Å². The molecule has 0 spiro atoms. The molecule has 2 aromatic heterocycles. The van der Waals surface area contributed by atoms with E-state index in [0.29, 0.717) is 33.4 Å². The van der Waals surface area contributed by atoms with Gasteiger partial charge in [0.25, 0.3) is 11.5 Å². The van der Waals surface area contributed by atoms with Gasteiger partial charge in [-0.25, -0.2) is 10.4 Å². The standard InChI is InChI=1S/C29H30N4O5S2/c1-17-9-11-18(12-10-17)33-28(35)26-20-7-5-6-8-24(20)40-27(26)31-29(33)39-16-25(34)32-30-15-21-22(37-3)13-19(36-2)14-23(21)38-4/h9-15H,5-8,16H2,1-4H3,(H,32,34)/b30-15+. The van der Waals surface area contributed by atoms with Gasteiger partial charge in [-0.2, -0.15) is 5.10 Å². The number of methoxy groups -OCH3 is 3. The molecule has 9 nitrogen and oxygen atoms in total. The van der Waals surface area contributed by atoms with Crippen LogP contribution in [0.5, 0.6) is 17.2 Å². The van der Waals surface area contributed by atoms with Gasteiger partial charge in [0.1, 0.15) is 22.1 Å². The zero-order valence-corrected chi connectivity index (χ0v) is 24.4. The van der Waals surface area contributed by atoms with Gasteiger partial charge >= 0.3 is 0 Å². The highest BCUT2D eigenvalue weighted by molar-refractivity contribution is 7.99. The summed E-state index contributed by atoms with van der Waals surface area (Å²) in [5.41, 5.74) is 5.96. The van der Waals surface area contributed by atoms with Gasteiger partial charge in [0, 0.05) is 17.0 Å². The van der Waals surface area contributed by atoms with Crippen molar-refractivity contribution in [3.05, 3.63) is 68.3 Å². The summed E-state index contributed by atoms with van der Waals surface area (Å²) in [7, 11) is 4.61. The summed E-state index contributed by atoms with van der Waals surface area (Å²) in [6, 6.07) is 11.2. The number of thiophene rings is 1.